The van der Waals surface area contributed by atoms with Gasteiger partial charge in [-0.2, -0.15) is 0 Å². The SMILES string of the molecule is COC(=O)CC[C@H](O)/C=C\I. The highest BCUT2D eigenvalue weighted by molar-refractivity contribution is 14.1. The van der Waals surface area contributed by atoms with Crippen LogP contribution in [0.1, 0.15) is 12.8 Å². The minimum atomic E-state index is -0.536. The molecule has 0 aliphatic carbocycles. The standard InChI is InChI=1S/C7H11IO3/c1-11-7(10)3-2-6(9)4-5-8/h4-6,9H,2-3H2,1H3/b5-4-/t6-/m0/s1. The van der Waals surface area contributed by atoms with Gasteiger partial charge in [0.25, 0.3) is 0 Å². The van der Waals surface area contributed by atoms with Crippen LogP contribution < -0.4 is 0 Å². The van der Waals surface area contributed by atoms with Crippen LogP contribution in [0.25, 0.3) is 0 Å². The van der Waals surface area contributed by atoms with Crippen molar-refractivity contribution < 1.29 is 14.6 Å². The molecule has 0 heterocycles. The number of carbonyl (C=O) groups excluding carboxylic acids is 1. The third kappa shape index (κ3) is 6.30. The number of hydrogen-bond acceptors (Lipinski definition) is 3. The number of carbonyl (C=O) groups is 1. The largest absolute Gasteiger partial charge is 0.469 e. The smallest absolute Gasteiger partial charge is 0.305 e. The third-order valence-electron chi connectivity index (χ3n) is 1.17. The van der Waals surface area contributed by atoms with E-state index in [1.807, 2.05) is 22.6 Å². The van der Waals surface area contributed by atoms with Crippen LogP contribution in [-0.4, -0.2) is 24.3 Å². The van der Waals surface area contributed by atoms with E-state index in [1.54, 1.807) is 10.2 Å². The van der Waals surface area contributed by atoms with Crippen molar-refractivity contribution in [1.82, 2.24) is 0 Å². The van der Waals surface area contributed by atoms with E-state index in [0.717, 1.165) is 0 Å². The zero-order chi connectivity index (χ0) is 8.69. The van der Waals surface area contributed by atoms with E-state index in [4.69, 9.17) is 5.11 Å². The molecular formula is C7H11IO3. The molecule has 0 aromatic rings. The van der Waals surface area contributed by atoms with Gasteiger partial charge in [0.2, 0.25) is 0 Å². The Morgan fingerprint density at radius 2 is 2.45 bits per heavy atom. The summed E-state index contributed by atoms with van der Waals surface area (Å²) in [5, 5.41) is 9.09. The van der Waals surface area contributed by atoms with Crippen molar-refractivity contribution in [1.29, 1.82) is 0 Å². The summed E-state index contributed by atoms with van der Waals surface area (Å²) in [6, 6.07) is 0. The van der Waals surface area contributed by atoms with Crippen LogP contribution in [0.15, 0.2) is 10.2 Å². The fraction of sp³-hybridized carbons (Fsp3) is 0.571. The quantitative estimate of drug-likeness (QED) is 0.617. The molecule has 0 aliphatic heterocycles. The molecule has 0 saturated heterocycles. The van der Waals surface area contributed by atoms with E-state index >= 15 is 0 Å². The molecule has 1 N–H and O–H groups in total. The molecule has 4 heteroatoms. The molecule has 0 fully saturated rings. The maximum atomic E-state index is 10.6. The summed E-state index contributed by atoms with van der Waals surface area (Å²) in [4.78, 5) is 10.6. The average molecular weight is 270 g/mol. The van der Waals surface area contributed by atoms with E-state index in [1.165, 1.54) is 7.11 Å². The molecule has 0 spiro atoms. The lowest BCUT2D eigenvalue weighted by molar-refractivity contribution is -0.141. The molecule has 0 aromatic carbocycles. The highest BCUT2D eigenvalue weighted by Gasteiger charge is 2.03. The molecule has 0 amide bonds. The van der Waals surface area contributed by atoms with Gasteiger partial charge in [0.05, 0.1) is 13.2 Å². The second kappa shape index (κ2) is 6.60. The minimum Gasteiger partial charge on any atom is -0.469 e. The van der Waals surface area contributed by atoms with Gasteiger partial charge in [-0.15, -0.1) is 0 Å². The molecule has 0 rings (SSSR count). The first-order chi connectivity index (χ1) is 5.20. The third-order valence-corrected chi connectivity index (χ3v) is 1.58. The van der Waals surface area contributed by atoms with Crippen LogP contribution >= 0.6 is 22.6 Å². The number of esters is 1. The van der Waals surface area contributed by atoms with Crippen molar-refractivity contribution in [2.45, 2.75) is 18.9 Å². The molecule has 11 heavy (non-hydrogen) atoms. The predicted molar refractivity (Wildman–Crippen MR) is 50.4 cm³/mol. The Morgan fingerprint density at radius 1 is 1.82 bits per heavy atom. The zero-order valence-electron chi connectivity index (χ0n) is 6.29. The second-order valence-electron chi connectivity index (χ2n) is 2.00. The van der Waals surface area contributed by atoms with Gasteiger partial charge in [-0.3, -0.25) is 4.79 Å². The number of ether oxygens (including phenoxy) is 1. The summed E-state index contributed by atoms with van der Waals surface area (Å²) in [6.45, 7) is 0. The van der Waals surface area contributed by atoms with Gasteiger partial charge in [0, 0.05) is 6.42 Å². The molecule has 64 valence electrons. The first-order valence-electron chi connectivity index (χ1n) is 3.22. The van der Waals surface area contributed by atoms with Crippen LogP contribution in [0, 0.1) is 0 Å². The van der Waals surface area contributed by atoms with Gasteiger partial charge < -0.3 is 9.84 Å². The Hall–Kier alpha value is -0.100. The maximum Gasteiger partial charge on any atom is 0.305 e. The van der Waals surface area contributed by atoms with Crippen molar-refractivity contribution in [2.24, 2.45) is 0 Å². The van der Waals surface area contributed by atoms with E-state index in [2.05, 4.69) is 4.74 Å². The van der Waals surface area contributed by atoms with Crippen LogP contribution in [0.2, 0.25) is 0 Å². The molecular weight excluding hydrogens is 259 g/mol. The number of halogens is 1. The van der Waals surface area contributed by atoms with Gasteiger partial charge in [0.15, 0.2) is 0 Å². The lowest BCUT2D eigenvalue weighted by Crippen LogP contribution is -2.07. The van der Waals surface area contributed by atoms with Crippen molar-refractivity contribution >= 4 is 28.6 Å². The fourth-order valence-corrected chi connectivity index (χ4v) is 1.03. The van der Waals surface area contributed by atoms with E-state index in [-0.39, 0.29) is 12.4 Å². The van der Waals surface area contributed by atoms with Gasteiger partial charge in [-0.1, -0.05) is 28.7 Å². The zero-order valence-corrected chi connectivity index (χ0v) is 8.45. The summed E-state index contributed by atoms with van der Waals surface area (Å²) in [7, 11) is 1.34. The fourth-order valence-electron chi connectivity index (χ4n) is 0.548. The molecule has 0 radical (unpaired) electrons. The topological polar surface area (TPSA) is 46.5 Å². The Labute approximate surface area is 79.6 Å². The molecule has 1 atom stereocenters. The first kappa shape index (κ1) is 10.9. The summed E-state index contributed by atoms with van der Waals surface area (Å²) in [5.41, 5.74) is 0. The number of hydrogen-bond donors (Lipinski definition) is 1. The Morgan fingerprint density at radius 3 is 2.91 bits per heavy atom. The van der Waals surface area contributed by atoms with Gasteiger partial charge in [-0.05, 0) is 10.5 Å². The second-order valence-corrected chi connectivity index (χ2v) is 2.72. The Kier molecular flexibility index (Phi) is 6.54. The molecule has 0 aromatic heterocycles. The lowest BCUT2D eigenvalue weighted by atomic mass is 10.2. The normalized spacial score (nSPS) is 13.4. The van der Waals surface area contributed by atoms with Gasteiger partial charge in [-0.25, -0.2) is 0 Å². The summed E-state index contributed by atoms with van der Waals surface area (Å²) in [6.07, 6.45) is 1.78. The Bertz CT molecular complexity index is 145. The summed E-state index contributed by atoms with van der Waals surface area (Å²) in [5.74, 6) is -0.286. The van der Waals surface area contributed by atoms with Crippen LogP contribution in [0.5, 0.6) is 0 Å². The van der Waals surface area contributed by atoms with Crippen molar-refractivity contribution in [2.75, 3.05) is 7.11 Å². The number of aliphatic hydroxyl groups excluding tert-OH is 1. The molecule has 0 aliphatic rings. The van der Waals surface area contributed by atoms with Crippen LogP contribution in [0.3, 0.4) is 0 Å². The number of aliphatic hydroxyl groups is 1. The lowest BCUT2D eigenvalue weighted by Gasteiger charge is -2.02. The Balaban J connectivity index is 3.45. The monoisotopic (exact) mass is 270 g/mol. The number of rotatable bonds is 4. The number of methoxy groups -OCH3 is 1. The van der Waals surface area contributed by atoms with Gasteiger partial charge >= 0.3 is 5.97 Å². The predicted octanol–water partition coefficient (Wildman–Crippen LogP) is 1.25. The summed E-state index contributed by atoms with van der Waals surface area (Å²) >= 11 is 2.01. The first-order valence-corrected chi connectivity index (χ1v) is 4.47. The highest BCUT2D eigenvalue weighted by atomic mass is 127. The van der Waals surface area contributed by atoms with Crippen LogP contribution in [-0.2, 0) is 9.53 Å². The average Bonchev–Trinajstić information content (AvgIpc) is 2.01. The van der Waals surface area contributed by atoms with Crippen molar-refractivity contribution in [3.8, 4) is 0 Å². The summed E-state index contributed by atoms with van der Waals surface area (Å²) < 4.78 is 6.12. The van der Waals surface area contributed by atoms with Gasteiger partial charge in [0.1, 0.15) is 0 Å². The van der Waals surface area contributed by atoms with E-state index < -0.39 is 6.10 Å². The van der Waals surface area contributed by atoms with Crippen molar-refractivity contribution in [3.63, 3.8) is 0 Å². The molecule has 0 unspecified atom stereocenters. The minimum absolute atomic E-state index is 0.263. The highest BCUT2D eigenvalue weighted by Crippen LogP contribution is 2.01. The van der Waals surface area contributed by atoms with Crippen molar-refractivity contribution in [3.05, 3.63) is 10.2 Å². The molecule has 0 saturated carbocycles. The molecule has 0 bridgehead atoms. The maximum absolute atomic E-state index is 10.6. The van der Waals surface area contributed by atoms with Crippen LogP contribution in [0.4, 0.5) is 0 Å². The van der Waals surface area contributed by atoms with E-state index in [0.29, 0.717) is 6.42 Å². The van der Waals surface area contributed by atoms with E-state index in [9.17, 15) is 4.79 Å². The molecule has 3 nitrogen and oxygen atoms in total.